The van der Waals surface area contributed by atoms with Gasteiger partial charge in [-0.15, -0.1) is 6.58 Å². The summed E-state index contributed by atoms with van der Waals surface area (Å²) in [6.45, 7) is 3.86. The van der Waals surface area contributed by atoms with Crippen LogP contribution in [0.4, 0.5) is 4.79 Å². The number of ether oxygens (including phenoxy) is 1. The molecule has 146 valence electrons. The number of allylic oxidation sites excluding steroid dienone is 1. The Kier molecular flexibility index (Phi) is 6.48. The Hall–Kier alpha value is -3.08. The number of benzene rings is 2. The van der Waals surface area contributed by atoms with Crippen molar-refractivity contribution in [2.45, 2.75) is 25.2 Å². The predicted molar refractivity (Wildman–Crippen MR) is 108 cm³/mol. The molecule has 1 amide bonds. The molecule has 0 saturated carbocycles. The van der Waals surface area contributed by atoms with Gasteiger partial charge in [0.25, 0.3) is 0 Å². The van der Waals surface area contributed by atoms with Crippen LogP contribution in [0, 0.1) is 0 Å². The van der Waals surface area contributed by atoms with Crippen molar-refractivity contribution in [1.82, 2.24) is 4.90 Å². The number of carbonyl (C=O) groups is 2. The van der Waals surface area contributed by atoms with Gasteiger partial charge < -0.3 is 9.84 Å². The van der Waals surface area contributed by atoms with Crippen LogP contribution in [0.25, 0.3) is 11.1 Å². The van der Waals surface area contributed by atoms with Crippen LogP contribution in [0.2, 0.25) is 0 Å². The molecule has 1 aliphatic carbocycles. The minimum atomic E-state index is -1.04. The third kappa shape index (κ3) is 4.42. The monoisotopic (exact) mass is 379 g/mol. The van der Waals surface area contributed by atoms with Crippen molar-refractivity contribution in [2.75, 3.05) is 19.7 Å². The Morgan fingerprint density at radius 3 is 2.21 bits per heavy atom. The quantitative estimate of drug-likeness (QED) is 0.507. The summed E-state index contributed by atoms with van der Waals surface area (Å²) in [6, 6.07) is 16.2. The molecule has 28 heavy (non-hydrogen) atoms. The highest BCUT2D eigenvalue weighted by atomic mass is 16.6. The molecule has 1 N–H and O–H groups in total. The molecular weight excluding hydrogens is 354 g/mol. The van der Waals surface area contributed by atoms with E-state index < -0.39 is 12.1 Å². The number of hydrogen-bond acceptors (Lipinski definition) is 3. The molecule has 0 saturated heterocycles. The van der Waals surface area contributed by atoms with Gasteiger partial charge in [0.2, 0.25) is 0 Å². The van der Waals surface area contributed by atoms with Crippen molar-refractivity contribution >= 4 is 12.1 Å². The maximum absolute atomic E-state index is 12.5. The number of amides is 1. The number of fused-ring (bicyclic) bond motifs is 3. The zero-order valence-electron chi connectivity index (χ0n) is 15.8. The van der Waals surface area contributed by atoms with E-state index in [0.717, 1.165) is 35.1 Å². The maximum Gasteiger partial charge on any atom is 0.410 e. The van der Waals surface area contributed by atoms with Gasteiger partial charge in [0.15, 0.2) is 0 Å². The summed E-state index contributed by atoms with van der Waals surface area (Å²) in [5.74, 6) is -1.08. The van der Waals surface area contributed by atoms with E-state index >= 15 is 0 Å². The average molecular weight is 379 g/mol. The zero-order valence-corrected chi connectivity index (χ0v) is 15.8. The number of carboxylic acid groups (broad SMARTS) is 1. The highest BCUT2D eigenvalue weighted by Gasteiger charge is 2.29. The van der Waals surface area contributed by atoms with Gasteiger partial charge in [-0.3, -0.25) is 9.69 Å². The smallest absolute Gasteiger partial charge is 0.410 e. The zero-order chi connectivity index (χ0) is 19.9. The van der Waals surface area contributed by atoms with Gasteiger partial charge in [0.1, 0.15) is 13.2 Å². The van der Waals surface area contributed by atoms with Crippen molar-refractivity contribution in [2.24, 2.45) is 0 Å². The number of rotatable bonds is 9. The van der Waals surface area contributed by atoms with Crippen LogP contribution in [0.1, 0.15) is 36.3 Å². The maximum atomic E-state index is 12.5. The Bertz CT molecular complexity index is 816. The summed E-state index contributed by atoms with van der Waals surface area (Å²) in [6.07, 6.45) is 3.64. The number of carbonyl (C=O) groups excluding carboxylic acids is 1. The van der Waals surface area contributed by atoms with Gasteiger partial charge in [-0.1, -0.05) is 54.6 Å². The molecule has 0 aromatic heterocycles. The third-order valence-electron chi connectivity index (χ3n) is 5.01. The van der Waals surface area contributed by atoms with Gasteiger partial charge >= 0.3 is 12.1 Å². The minimum Gasteiger partial charge on any atom is -0.480 e. The lowest BCUT2D eigenvalue weighted by atomic mass is 9.98. The van der Waals surface area contributed by atoms with Crippen molar-refractivity contribution in [3.05, 3.63) is 72.3 Å². The number of unbranched alkanes of at least 4 members (excludes halogenated alkanes) is 2. The highest BCUT2D eigenvalue weighted by molar-refractivity contribution is 5.79. The van der Waals surface area contributed by atoms with Crippen molar-refractivity contribution < 1.29 is 19.4 Å². The normalized spacial score (nSPS) is 12.1. The largest absolute Gasteiger partial charge is 0.480 e. The number of nitrogens with zero attached hydrogens (tertiary/aromatic N) is 1. The fraction of sp³-hybridized carbons (Fsp3) is 0.304. The molecule has 0 radical (unpaired) electrons. The molecular formula is C23H25NO4. The molecule has 0 fully saturated rings. The first kappa shape index (κ1) is 19.7. The van der Waals surface area contributed by atoms with Gasteiger partial charge in [0, 0.05) is 12.5 Å². The molecule has 0 heterocycles. The second-order valence-corrected chi connectivity index (χ2v) is 6.90. The molecule has 3 rings (SSSR count). The summed E-state index contributed by atoms with van der Waals surface area (Å²) < 4.78 is 5.56. The van der Waals surface area contributed by atoms with E-state index in [4.69, 9.17) is 9.84 Å². The fourth-order valence-electron chi connectivity index (χ4n) is 3.67. The van der Waals surface area contributed by atoms with Crippen molar-refractivity contribution in [3.8, 4) is 11.1 Å². The van der Waals surface area contributed by atoms with Crippen molar-refractivity contribution in [3.63, 3.8) is 0 Å². The molecule has 0 aliphatic heterocycles. The Balaban J connectivity index is 1.68. The first-order valence-corrected chi connectivity index (χ1v) is 9.54. The molecule has 2 aromatic carbocycles. The first-order chi connectivity index (χ1) is 13.6. The van der Waals surface area contributed by atoms with Crippen LogP contribution < -0.4 is 0 Å². The lowest BCUT2D eigenvalue weighted by Crippen LogP contribution is -2.37. The van der Waals surface area contributed by atoms with Gasteiger partial charge in [-0.05, 0) is 41.5 Å². The SMILES string of the molecule is C=CCCCCN(CC(=O)O)C(=O)OCC1c2ccccc2-c2ccccc21. The lowest BCUT2D eigenvalue weighted by Gasteiger charge is -2.22. The van der Waals surface area contributed by atoms with Gasteiger partial charge in [0.05, 0.1) is 0 Å². The van der Waals surface area contributed by atoms with Crippen LogP contribution in [-0.2, 0) is 9.53 Å². The third-order valence-corrected chi connectivity index (χ3v) is 5.01. The summed E-state index contributed by atoms with van der Waals surface area (Å²) in [7, 11) is 0. The van der Waals surface area contributed by atoms with E-state index in [0.29, 0.717) is 13.0 Å². The van der Waals surface area contributed by atoms with Crippen LogP contribution in [-0.4, -0.2) is 41.8 Å². The molecule has 0 bridgehead atoms. The number of hydrogen-bond donors (Lipinski definition) is 1. The Morgan fingerprint density at radius 2 is 1.64 bits per heavy atom. The topological polar surface area (TPSA) is 66.8 Å². The van der Waals surface area contributed by atoms with Gasteiger partial charge in [-0.2, -0.15) is 0 Å². The fourth-order valence-corrected chi connectivity index (χ4v) is 3.67. The summed E-state index contributed by atoms with van der Waals surface area (Å²) in [4.78, 5) is 24.9. The van der Waals surface area contributed by atoms with Crippen LogP contribution in [0.3, 0.4) is 0 Å². The van der Waals surface area contributed by atoms with E-state index in [1.807, 2.05) is 30.3 Å². The summed E-state index contributed by atoms with van der Waals surface area (Å²) in [5, 5.41) is 9.11. The van der Waals surface area contributed by atoms with Crippen LogP contribution in [0.15, 0.2) is 61.2 Å². The second kappa shape index (κ2) is 9.22. The molecule has 5 heteroatoms. The van der Waals surface area contributed by atoms with E-state index in [1.165, 1.54) is 4.90 Å². The average Bonchev–Trinajstić information content (AvgIpc) is 3.02. The second-order valence-electron chi connectivity index (χ2n) is 6.90. The minimum absolute atomic E-state index is 0.0382. The van der Waals surface area contributed by atoms with E-state index in [2.05, 4.69) is 30.8 Å². The Labute approximate surface area is 165 Å². The first-order valence-electron chi connectivity index (χ1n) is 9.54. The Morgan fingerprint density at radius 1 is 1.04 bits per heavy atom. The number of carboxylic acids is 1. The van der Waals surface area contributed by atoms with Gasteiger partial charge in [-0.25, -0.2) is 4.79 Å². The molecule has 5 nitrogen and oxygen atoms in total. The molecule has 0 unspecified atom stereocenters. The standard InChI is InChI=1S/C23H25NO4/c1-2-3-4-9-14-24(15-22(25)26)23(27)28-16-21-19-12-7-5-10-17(19)18-11-6-8-13-20(18)21/h2,5-8,10-13,21H,1,3-4,9,14-16H2,(H,25,26). The number of aliphatic carboxylic acids is 1. The molecule has 0 spiro atoms. The van der Waals surface area contributed by atoms with Crippen LogP contribution >= 0.6 is 0 Å². The van der Waals surface area contributed by atoms with Crippen molar-refractivity contribution in [1.29, 1.82) is 0 Å². The van der Waals surface area contributed by atoms with Crippen LogP contribution in [0.5, 0.6) is 0 Å². The predicted octanol–water partition coefficient (Wildman–Crippen LogP) is 4.68. The van der Waals surface area contributed by atoms with E-state index in [-0.39, 0.29) is 19.1 Å². The molecule has 2 aromatic rings. The highest BCUT2D eigenvalue weighted by Crippen LogP contribution is 2.44. The van der Waals surface area contributed by atoms with E-state index in [9.17, 15) is 9.59 Å². The summed E-state index contributed by atoms with van der Waals surface area (Å²) >= 11 is 0. The lowest BCUT2D eigenvalue weighted by molar-refractivity contribution is -0.138. The summed E-state index contributed by atoms with van der Waals surface area (Å²) in [5.41, 5.74) is 4.58. The molecule has 0 atom stereocenters. The van der Waals surface area contributed by atoms with E-state index in [1.54, 1.807) is 0 Å². The molecule has 1 aliphatic rings.